The van der Waals surface area contributed by atoms with E-state index in [2.05, 4.69) is 15.9 Å². The van der Waals surface area contributed by atoms with Gasteiger partial charge in [-0.05, 0) is 45.8 Å². The van der Waals surface area contributed by atoms with Crippen LogP contribution in [0.1, 0.15) is 5.56 Å². The van der Waals surface area contributed by atoms with Crippen LogP contribution < -0.4 is 4.74 Å². The number of aliphatic carboxylic acids is 1. The molecular weight excluding hydrogens is 307 g/mol. The third-order valence-corrected chi connectivity index (χ3v) is 2.60. The molecule has 0 bridgehead atoms. The molecule has 90 valence electrons. The fourth-order valence-electron chi connectivity index (χ4n) is 1.08. The maximum atomic E-state index is 10.4. The number of hydrogen-bond donors (Lipinski definition) is 1. The predicted molar refractivity (Wildman–Crippen MR) is 71.3 cm³/mol. The Morgan fingerprint density at radius 2 is 2.29 bits per heavy atom. The Hall–Kier alpha value is -1.26. The van der Waals surface area contributed by atoms with Crippen molar-refractivity contribution in [3.63, 3.8) is 0 Å². The molecule has 3 nitrogen and oxygen atoms in total. The first-order chi connectivity index (χ1) is 8.13. The SMILES string of the molecule is O=C(O)/C=C/c1ccc(OC/C=C/Cl)c(Br)c1. The average molecular weight is 318 g/mol. The molecule has 0 aliphatic heterocycles. The number of ether oxygens (including phenoxy) is 1. The molecule has 0 saturated heterocycles. The van der Waals surface area contributed by atoms with Crippen molar-refractivity contribution in [2.24, 2.45) is 0 Å². The molecule has 1 aromatic carbocycles. The predicted octanol–water partition coefficient (Wildman–Crippen LogP) is 3.68. The van der Waals surface area contributed by atoms with Crippen molar-refractivity contribution < 1.29 is 14.6 Å². The van der Waals surface area contributed by atoms with E-state index in [1.54, 1.807) is 24.3 Å². The van der Waals surface area contributed by atoms with Gasteiger partial charge in [0.15, 0.2) is 0 Å². The minimum Gasteiger partial charge on any atom is -0.488 e. The lowest BCUT2D eigenvalue weighted by Crippen LogP contribution is -1.94. The molecule has 1 rings (SSSR count). The monoisotopic (exact) mass is 316 g/mol. The van der Waals surface area contributed by atoms with Gasteiger partial charge >= 0.3 is 5.97 Å². The van der Waals surface area contributed by atoms with Gasteiger partial charge in [0.25, 0.3) is 0 Å². The first kappa shape index (κ1) is 13.8. The van der Waals surface area contributed by atoms with Gasteiger partial charge in [0.1, 0.15) is 12.4 Å². The first-order valence-electron chi connectivity index (χ1n) is 4.72. The van der Waals surface area contributed by atoms with E-state index in [4.69, 9.17) is 21.4 Å². The fraction of sp³-hybridized carbons (Fsp3) is 0.0833. The van der Waals surface area contributed by atoms with Gasteiger partial charge < -0.3 is 9.84 Å². The molecule has 5 heteroatoms. The van der Waals surface area contributed by atoms with Crippen molar-refractivity contribution in [2.75, 3.05) is 6.61 Å². The van der Waals surface area contributed by atoms with Crippen LogP contribution in [0.4, 0.5) is 0 Å². The lowest BCUT2D eigenvalue weighted by Gasteiger charge is -2.06. The molecule has 0 atom stereocenters. The number of benzene rings is 1. The Bertz CT molecular complexity index is 455. The van der Waals surface area contributed by atoms with E-state index in [1.165, 1.54) is 11.6 Å². The standard InChI is InChI=1S/C12H10BrClO3/c13-10-8-9(3-5-12(15)16)2-4-11(10)17-7-1-6-14/h1-6,8H,7H2,(H,15,16)/b5-3+,6-1+. The minimum absolute atomic E-state index is 0.381. The molecule has 0 radical (unpaired) electrons. The quantitative estimate of drug-likeness (QED) is 0.843. The highest BCUT2D eigenvalue weighted by atomic mass is 79.9. The fourth-order valence-corrected chi connectivity index (χ4v) is 1.66. The maximum Gasteiger partial charge on any atom is 0.328 e. The minimum atomic E-state index is -0.978. The van der Waals surface area contributed by atoms with Crippen molar-refractivity contribution in [3.8, 4) is 5.75 Å². The van der Waals surface area contributed by atoms with Crippen LogP contribution in [0.3, 0.4) is 0 Å². The summed E-state index contributed by atoms with van der Waals surface area (Å²) < 4.78 is 6.16. The number of rotatable bonds is 5. The normalized spacial score (nSPS) is 11.2. The van der Waals surface area contributed by atoms with Gasteiger partial charge in [-0.2, -0.15) is 0 Å². The number of hydrogen-bond acceptors (Lipinski definition) is 2. The van der Waals surface area contributed by atoms with Crippen LogP contribution in [0.5, 0.6) is 5.75 Å². The number of carbonyl (C=O) groups is 1. The van der Waals surface area contributed by atoms with Crippen LogP contribution in [0.2, 0.25) is 0 Å². The number of carboxylic acid groups (broad SMARTS) is 1. The van der Waals surface area contributed by atoms with E-state index < -0.39 is 5.97 Å². The van der Waals surface area contributed by atoms with Crippen molar-refractivity contribution in [2.45, 2.75) is 0 Å². The smallest absolute Gasteiger partial charge is 0.328 e. The van der Waals surface area contributed by atoms with Crippen LogP contribution in [0, 0.1) is 0 Å². The second-order valence-electron chi connectivity index (χ2n) is 3.03. The largest absolute Gasteiger partial charge is 0.488 e. The molecule has 0 aromatic heterocycles. The van der Waals surface area contributed by atoms with Crippen molar-refractivity contribution in [3.05, 3.63) is 45.9 Å². The zero-order chi connectivity index (χ0) is 12.7. The summed E-state index contributed by atoms with van der Waals surface area (Å²) >= 11 is 8.71. The van der Waals surface area contributed by atoms with E-state index in [0.717, 1.165) is 16.1 Å². The Kier molecular flexibility index (Phi) is 5.80. The molecule has 0 saturated carbocycles. The van der Waals surface area contributed by atoms with Crippen LogP contribution in [0.25, 0.3) is 6.08 Å². The summed E-state index contributed by atoms with van der Waals surface area (Å²) in [5, 5.41) is 8.50. The Morgan fingerprint density at radius 1 is 1.53 bits per heavy atom. The third kappa shape index (κ3) is 5.06. The summed E-state index contributed by atoms with van der Waals surface area (Å²) in [6.45, 7) is 0.381. The number of halogens is 2. The summed E-state index contributed by atoms with van der Waals surface area (Å²) in [6.07, 6.45) is 4.26. The zero-order valence-corrected chi connectivity index (χ0v) is 11.1. The second-order valence-corrected chi connectivity index (χ2v) is 4.14. The summed E-state index contributed by atoms with van der Waals surface area (Å²) in [5.41, 5.74) is 2.16. The van der Waals surface area contributed by atoms with E-state index in [0.29, 0.717) is 12.4 Å². The summed E-state index contributed by atoms with van der Waals surface area (Å²) in [6, 6.07) is 5.30. The molecule has 0 amide bonds. The topological polar surface area (TPSA) is 46.5 Å². The molecular formula is C12H10BrClO3. The average Bonchev–Trinajstić information content (AvgIpc) is 2.29. The molecule has 0 aliphatic carbocycles. The Morgan fingerprint density at radius 3 is 2.88 bits per heavy atom. The molecule has 0 unspecified atom stereocenters. The maximum absolute atomic E-state index is 10.4. The molecule has 0 aliphatic rings. The van der Waals surface area contributed by atoms with Crippen molar-refractivity contribution in [1.29, 1.82) is 0 Å². The van der Waals surface area contributed by atoms with Gasteiger partial charge in [-0.3, -0.25) is 0 Å². The highest BCUT2D eigenvalue weighted by molar-refractivity contribution is 9.10. The van der Waals surface area contributed by atoms with E-state index >= 15 is 0 Å². The van der Waals surface area contributed by atoms with E-state index in [1.807, 2.05) is 0 Å². The van der Waals surface area contributed by atoms with Crippen LogP contribution in [0.15, 0.2) is 40.4 Å². The van der Waals surface area contributed by atoms with Gasteiger partial charge in [0, 0.05) is 11.6 Å². The summed E-state index contributed by atoms with van der Waals surface area (Å²) in [7, 11) is 0. The molecule has 0 spiro atoms. The van der Waals surface area contributed by atoms with Crippen LogP contribution >= 0.6 is 27.5 Å². The van der Waals surface area contributed by atoms with Gasteiger partial charge in [-0.15, -0.1) is 0 Å². The summed E-state index contributed by atoms with van der Waals surface area (Å²) in [5.74, 6) is -0.305. The molecule has 0 fully saturated rings. The van der Waals surface area contributed by atoms with E-state index in [9.17, 15) is 4.79 Å². The van der Waals surface area contributed by atoms with Gasteiger partial charge in [0.2, 0.25) is 0 Å². The van der Waals surface area contributed by atoms with Crippen LogP contribution in [-0.2, 0) is 4.79 Å². The lowest BCUT2D eigenvalue weighted by molar-refractivity contribution is -0.131. The van der Waals surface area contributed by atoms with Crippen molar-refractivity contribution in [1.82, 2.24) is 0 Å². The molecule has 17 heavy (non-hydrogen) atoms. The molecule has 1 N–H and O–H groups in total. The third-order valence-electron chi connectivity index (χ3n) is 1.80. The second kappa shape index (κ2) is 7.14. The Balaban J connectivity index is 2.75. The lowest BCUT2D eigenvalue weighted by atomic mass is 10.2. The Labute approximate surface area is 112 Å². The van der Waals surface area contributed by atoms with Crippen molar-refractivity contribution >= 4 is 39.6 Å². The molecule has 0 heterocycles. The highest BCUT2D eigenvalue weighted by Crippen LogP contribution is 2.26. The van der Waals surface area contributed by atoms with Gasteiger partial charge in [-0.25, -0.2) is 4.79 Å². The van der Waals surface area contributed by atoms with E-state index in [-0.39, 0.29) is 0 Å². The number of carboxylic acids is 1. The first-order valence-corrected chi connectivity index (χ1v) is 5.95. The van der Waals surface area contributed by atoms with Gasteiger partial charge in [-0.1, -0.05) is 17.7 Å². The highest BCUT2D eigenvalue weighted by Gasteiger charge is 2.00. The van der Waals surface area contributed by atoms with Crippen LogP contribution in [-0.4, -0.2) is 17.7 Å². The van der Waals surface area contributed by atoms with Gasteiger partial charge in [0.05, 0.1) is 4.47 Å². The summed E-state index contributed by atoms with van der Waals surface area (Å²) in [4.78, 5) is 10.4. The zero-order valence-electron chi connectivity index (χ0n) is 8.77. The molecule has 1 aromatic rings.